The summed E-state index contributed by atoms with van der Waals surface area (Å²) in [7, 11) is 0. The number of aliphatic hydroxyl groups excluding tert-OH is 1. The van der Waals surface area contributed by atoms with Gasteiger partial charge < -0.3 is 30.5 Å². The third-order valence-corrected chi connectivity index (χ3v) is 5.73. The minimum absolute atomic E-state index is 0.0470. The summed E-state index contributed by atoms with van der Waals surface area (Å²) < 4.78 is 5.26. The van der Waals surface area contributed by atoms with Crippen molar-refractivity contribution in [3.8, 4) is 5.75 Å². The Kier molecular flexibility index (Phi) is 11.0. The molecule has 198 valence electrons. The Labute approximate surface area is 209 Å². The van der Waals surface area contributed by atoms with Crippen LogP contribution in [-0.4, -0.2) is 62.9 Å². The number of hydrogen-bond donors (Lipinski definition) is 4. The standard InChI is InChI=1S/C26H43N3O6/c1-9-12-17(3)27-22(32)21(18-13-11-14-19(31)15-18)29(26(7,8)10-2)23(33)20(16-30)28-24(34)35-25(4,5)6/h11,13-15,17,20-21,30-31H,9-10,12,16H2,1-8H3,(H,27,32)(H,28,34). The van der Waals surface area contributed by atoms with Gasteiger partial charge in [0.05, 0.1) is 6.61 Å². The van der Waals surface area contributed by atoms with Crippen LogP contribution >= 0.6 is 0 Å². The van der Waals surface area contributed by atoms with E-state index in [0.717, 1.165) is 12.8 Å². The largest absolute Gasteiger partial charge is 0.508 e. The lowest BCUT2D eigenvalue weighted by atomic mass is 9.91. The van der Waals surface area contributed by atoms with Crippen molar-refractivity contribution in [1.29, 1.82) is 0 Å². The molecule has 9 nitrogen and oxygen atoms in total. The highest BCUT2D eigenvalue weighted by Crippen LogP contribution is 2.33. The number of nitrogens with one attached hydrogen (secondary N) is 2. The number of benzene rings is 1. The summed E-state index contributed by atoms with van der Waals surface area (Å²) in [5, 5.41) is 25.6. The van der Waals surface area contributed by atoms with Crippen molar-refractivity contribution in [2.24, 2.45) is 0 Å². The van der Waals surface area contributed by atoms with Gasteiger partial charge in [0.25, 0.3) is 0 Å². The molecule has 0 aliphatic heterocycles. The summed E-state index contributed by atoms with van der Waals surface area (Å²) in [5.41, 5.74) is -1.23. The van der Waals surface area contributed by atoms with Gasteiger partial charge in [0.2, 0.25) is 11.8 Å². The highest BCUT2D eigenvalue weighted by atomic mass is 16.6. The van der Waals surface area contributed by atoms with E-state index in [1.807, 2.05) is 34.6 Å². The molecule has 35 heavy (non-hydrogen) atoms. The van der Waals surface area contributed by atoms with Crippen LogP contribution in [0.5, 0.6) is 5.75 Å². The number of phenols is 1. The molecule has 0 aromatic heterocycles. The second-order valence-corrected chi connectivity index (χ2v) is 10.5. The molecule has 4 N–H and O–H groups in total. The Morgan fingerprint density at radius 3 is 2.20 bits per heavy atom. The van der Waals surface area contributed by atoms with Crippen molar-refractivity contribution in [2.75, 3.05) is 6.61 Å². The molecule has 3 amide bonds. The first-order valence-corrected chi connectivity index (χ1v) is 12.2. The van der Waals surface area contributed by atoms with Gasteiger partial charge in [-0.05, 0) is 72.1 Å². The minimum Gasteiger partial charge on any atom is -0.508 e. The number of alkyl carbamates (subject to hydrolysis) is 1. The third-order valence-electron chi connectivity index (χ3n) is 5.73. The highest BCUT2D eigenvalue weighted by molar-refractivity contribution is 5.93. The maximum Gasteiger partial charge on any atom is 0.408 e. The zero-order chi connectivity index (χ0) is 27.0. The van der Waals surface area contributed by atoms with Crippen molar-refractivity contribution in [3.05, 3.63) is 29.8 Å². The fourth-order valence-electron chi connectivity index (χ4n) is 3.69. The maximum atomic E-state index is 13.8. The third kappa shape index (κ3) is 9.05. The Balaban J connectivity index is 3.54. The molecule has 3 unspecified atom stereocenters. The molecular formula is C26H43N3O6. The molecule has 0 saturated heterocycles. The van der Waals surface area contributed by atoms with Crippen molar-refractivity contribution in [3.63, 3.8) is 0 Å². The maximum absolute atomic E-state index is 13.8. The van der Waals surface area contributed by atoms with Crippen molar-refractivity contribution < 1.29 is 29.3 Å². The van der Waals surface area contributed by atoms with Crippen LogP contribution in [0.15, 0.2) is 24.3 Å². The van der Waals surface area contributed by atoms with E-state index in [9.17, 15) is 24.6 Å². The van der Waals surface area contributed by atoms with Crippen molar-refractivity contribution in [2.45, 2.75) is 104 Å². The quantitative estimate of drug-likeness (QED) is 0.373. The molecule has 0 fully saturated rings. The van der Waals surface area contributed by atoms with E-state index in [1.165, 1.54) is 17.0 Å². The lowest BCUT2D eigenvalue weighted by molar-refractivity contribution is -0.150. The first kappa shape index (κ1) is 30.2. The van der Waals surface area contributed by atoms with Gasteiger partial charge in [-0.3, -0.25) is 9.59 Å². The first-order chi connectivity index (χ1) is 16.2. The van der Waals surface area contributed by atoms with Gasteiger partial charge in [-0.2, -0.15) is 0 Å². The van der Waals surface area contributed by atoms with Crippen molar-refractivity contribution in [1.82, 2.24) is 15.5 Å². The number of hydrogen-bond acceptors (Lipinski definition) is 6. The van der Waals surface area contributed by atoms with E-state index < -0.39 is 47.7 Å². The minimum atomic E-state index is -1.34. The summed E-state index contributed by atoms with van der Waals surface area (Å²) in [6, 6.07) is 3.60. The molecule has 1 rings (SSSR count). The van der Waals surface area contributed by atoms with Crippen LogP contribution in [0.1, 0.15) is 86.3 Å². The number of amides is 3. The Hall–Kier alpha value is -2.81. The normalized spacial score (nSPS) is 14.4. The van der Waals surface area contributed by atoms with E-state index >= 15 is 0 Å². The monoisotopic (exact) mass is 493 g/mol. The highest BCUT2D eigenvalue weighted by Gasteiger charge is 2.43. The second-order valence-electron chi connectivity index (χ2n) is 10.5. The summed E-state index contributed by atoms with van der Waals surface area (Å²) >= 11 is 0. The smallest absolute Gasteiger partial charge is 0.408 e. The van der Waals surface area contributed by atoms with Crippen LogP contribution in [0.3, 0.4) is 0 Å². The van der Waals surface area contributed by atoms with Crippen LogP contribution in [0, 0.1) is 0 Å². The van der Waals surface area contributed by atoms with E-state index in [2.05, 4.69) is 10.6 Å². The Bertz CT molecular complexity index is 865. The number of phenolic OH excluding ortho intramolecular Hbond substituents is 1. The Morgan fingerprint density at radius 1 is 1.09 bits per heavy atom. The lowest BCUT2D eigenvalue weighted by Crippen LogP contribution is -2.60. The summed E-state index contributed by atoms with van der Waals surface area (Å²) in [5.74, 6) is -1.11. The average Bonchev–Trinajstić information content (AvgIpc) is 2.73. The number of carbonyl (C=O) groups is 3. The van der Waals surface area contributed by atoms with Gasteiger partial charge in [0.1, 0.15) is 23.4 Å². The molecule has 0 bridgehead atoms. The molecule has 3 atom stereocenters. The van der Waals surface area contributed by atoms with Gasteiger partial charge in [0.15, 0.2) is 0 Å². The fourth-order valence-corrected chi connectivity index (χ4v) is 3.69. The molecule has 0 aliphatic carbocycles. The fraction of sp³-hybridized carbons (Fsp3) is 0.654. The Morgan fingerprint density at radius 2 is 1.71 bits per heavy atom. The van der Waals surface area contributed by atoms with E-state index in [-0.39, 0.29) is 11.8 Å². The SMILES string of the molecule is CCCC(C)NC(=O)C(c1cccc(O)c1)N(C(=O)C(CO)NC(=O)OC(C)(C)C)C(C)(C)CC. The molecule has 0 saturated carbocycles. The molecule has 1 aromatic rings. The zero-order valence-corrected chi connectivity index (χ0v) is 22.3. The molecule has 0 spiro atoms. The molecule has 0 aliphatic rings. The molecule has 0 heterocycles. The van der Waals surface area contributed by atoms with E-state index in [4.69, 9.17) is 4.74 Å². The van der Waals surface area contributed by atoms with Crippen molar-refractivity contribution >= 4 is 17.9 Å². The second kappa shape index (κ2) is 12.8. The number of carbonyl (C=O) groups excluding carboxylic acids is 3. The van der Waals surface area contributed by atoms with Crippen LogP contribution < -0.4 is 10.6 Å². The van der Waals surface area contributed by atoms with Crippen LogP contribution in [-0.2, 0) is 14.3 Å². The predicted molar refractivity (Wildman–Crippen MR) is 135 cm³/mol. The van der Waals surface area contributed by atoms with Crippen LogP contribution in [0.25, 0.3) is 0 Å². The van der Waals surface area contributed by atoms with E-state index in [1.54, 1.807) is 32.9 Å². The molecule has 0 radical (unpaired) electrons. The molecular weight excluding hydrogens is 450 g/mol. The van der Waals surface area contributed by atoms with Gasteiger partial charge in [-0.1, -0.05) is 32.4 Å². The van der Waals surface area contributed by atoms with E-state index in [0.29, 0.717) is 12.0 Å². The molecule has 1 aromatic carbocycles. The number of aliphatic hydroxyl groups is 1. The number of nitrogens with zero attached hydrogens (tertiary/aromatic N) is 1. The lowest BCUT2D eigenvalue weighted by Gasteiger charge is -2.44. The van der Waals surface area contributed by atoms with Crippen LogP contribution in [0.4, 0.5) is 4.79 Å². The summed E-state index contributed by atoms with van der Waals surface area (Å²) in [6.45, 7) is 13.8. The topological polar surface area (TPSA) is 128 Å². The molecule has 9 heteroatoms. The van der Waals surface area contributed by atoms with Gasteiger partial charge in [0, 0.05) is 11.6 Å². The average molecular weight is 494 g/mol. The number of aromatic hydroxyl groups is 1. The number of ether oxygens (including phenoxy) is 1. The van der Waals surface area contributed by atoms with Gasteiger partial charge >= 0.3 is 6.09 Å². The van der Waals surface area contributed by atoms with Gasteiger partial charge in [-0.25, -0.2) is 4.79 Å². The summed E-state index contributed by atoms with van der Waals surface area (Å²) in [6.07, 6.45) is 1.25. The van der Waals surface area contributed by atoms with Gasteiger partial charge in [-0.15, -0.1) is 0 Å². The number of rotatable bonds is 11. The first-order valence-electron chi connectivity index (χ1n) is 12.2. The van der Waals surface area contributed by atoms with Crippen LogP contribution in [0.2, 0.25) is 0 Å². The zero-order valence-electron chi connectivity index (χ0n) is 22.3. The summed E-state index contributed by atoms with van der Waals surface area (Å²) in [4.78, 5) is 41.2. The predicted octanol–water partition coefficient (Wildman–Crippen LogP) is 3.64.